The number of hydrogen-bond acceptors (Lipinski definition) is 4. The minimum atomic E-state index is -0.738. The smallest absolute Gasteiger partial charge is 0.339 e. The van der Waals surface area contributed by atoms with Crippen molar-refractivity contribution >= 4 is 34.9 Å². The van der Waals surface area contributed by atoms with Crippen molar-refractivity contribution in [1.29, 1.82) is 0 Å². The molecule has 0 N–H and O–H groups in total. The molecule has 3 rings (SSSR count). The zero-order valence-electron chi connectivity index (χ0n) is 15.7. The molecule has 0 unspecified atom stereocenters. The Morgan fingerprint density at radius 1 is 0.828 bits per heavy atom. The molecular formula is C23H18ClNO4. The van der Waals surface area contributed by atoms with Gasteiger partial charge >= 0.3 is 5.97 Å². The van der Waals surface area contributed by atoms with E-state index in [1.807, 2.05) is 18.2 Å². The number of hydrogen-bond donors (Lipinski definition) is 0. The van der Waals surface area contributed by atoms with Crippen LogP contribution in [0.5, 0.6) is 0 Å². The second kappa shape index (κ2) is 9.17. The van der Waals surface area contributed by atoms with E-state index < -0.39 is 12.6 Å². The predicted octanol–water partition coefficient (Wildman–Crippen LogP) is 4.39. The van der Waals surface area contributed by atoms with Crippen molar-refractivity contribution in [3.63, 3.8) is 0 Å². The van der Waals surface area contributed by atoms with E-state index in [2.05, 4.69) is 0 Å². The minimum Gasteiger partial charge on any atom is -0.452 e. The second-order valence-electron chi connectivity index (χ2n) is 6.25. The van der Waals surface area contributed by atoms with Crippen LogP contribution in [0.1, 0.15) is 26.3 Å². The van der Waals surface area contributed by atoms with Gasteiger partial charge in [-0.1, -0.05) is 48.0 Å². The van der Waals surface area contributed by atoms with Crippen LogP contribution >= 0.6 is 11.6 Å². The van der Waals surface area contributed by atoms with E-state index >= 15 is 0 Å². The number of carbonyl (C=O) groups is 3. The van der Waals surface area contributed by atoms with E-state index in [1.54, 1.807) is 61.6 Å². The monoisotopic (exact) mass is 407 g/mol. The maximum absolute atomic E-state index is 12.8. The van der Waals surface area contributed by atoms with Crippen LogP contribution < -0.4 is 4.90 Å². The quantitative estimate of drug-likeness (QED) is 0.449. The average molecular weight is 408 g/mol. The van der Waals surface area contributed by atoms with Crippen LogP contribution in [0.25, 0.3) is 0 Å². The zero-order chi connectivity index (χ0) is 20.8. The summed E-state index contributed by atoms with van der Waals surface area (Å²) in [6, 6.07) is 21.7. The molecule has 5 nitrogen and oxygen atoms in total. The number of nitrogens with zero attached hydrogens (tertiary/aromatic N) is 1. The van der Waals surface area contributed by atoms with E-state index in [0.29, 0.717) is 16.3 Å². The van der Waals surface area contributed by atoms with Crippen molar-refractivity contribution < 1.29 is 19.1 Å². The Bertz CT molecular complexity index is 1030. The van der Waals surface area contributed by atoms with Crippen LogP contribution in [0.2, 0.25) is 5.02 Å². The fourth-order valence-corrected chi connectivity index (χ4v) is 2.84. The minimum absolute atomic E-state index is 0.0996. The summed E-state index contributed by atoms with van der Waals surface area (Å²) in [5.74, 6) is -1.45. The number of ketones is 1. The third-order valence-electron chi connectivity index (χ3n) is 4.34. The van der Waals surface area contributed by atoms with Gasteiger partial charge in [0, 0.05) is 28.9 Å². The first-order valence-electron chi connectivity index (χ1n) is 8.85. The third-order valence-corrected chi connectivity index (χ3v) is 4.59. The van der Waals surface area contributed by atoms with Gasteiger partial charge in [-0.15, -0.1) is 0 Å². The lowest BCUT2D eigenvalue weighted by Crippen LogP contribution is -2.31. The summed E-state index contributed by atoms with van der Waals surface area (Å²) < 4.78 is 5.17. The largest absolute Gasteiger partial charge is 0.452 e. The molecule has 0 bridgehead atoms. The highest BCUT2D eigenvalue weighted by atomic mass is 35.5. The second-order valence-corrected chi connectivity index (χ2v) is 6.68. The van der Waals surface area contributed by atoms with Gasteiger partial charge in [0.15, 0.2) is 12.4 Å². The maximum atomic E-state index is 12.8. The molecule has 0 radical (unpaired) electrons. The van der Waals surface area contributed by atoms with Crippen LogP contribution in [-0.2, 0) is 9.53 Å². The lowest BCUT2D eigenvalue weighted by molar-refractivity contribution is -0.121. The molecule has 0 heterocycles. The van der Waals surface area contributed by atoms with Crippen molar-refractivity contribution in [2.75, 3.05) is 18.6 Å². The molecule has 0 atom stereocenters. The van der Waals surface area contributed by atoms with Crippen molar-refractivity contribution in [3.8, 4) is 0 Å². The van der Waals surface area contributed by atoms with Crippen LogP contribution in [0.4, 0.5) is 5.69 Å². The van der Waals surface area contributed by atoms with Gasteiger partial charge < -0.3 is 9.64 Å². The summed E-state index contributed by atoms with van der Waals surface area (Å²) >= 11 is 5.86. The highest BCUT2D eigenvalue weighted by Crippen LogP contribution is 2.18. The van der Waals surface area contributed by atoms with Gasteiger partial charge in [-0.3, -0.25) is 9.59 Å². The number of para-hydroxylation sites is 1. The van der Waals surface area contributed by atoms with Gasteiger partial charge in [0.05, 0.1) is 5.56 Å². The summed E-state index contributed by atoms with van der Waals surface area (Å²) in [5.41, 5.74) is 1.38. The van der Waals surface area contributed by atoms with Gasteiger partial charge in [-0.05, 0) is 42.5 Å². The lowest BCUT2D eigenvalue weighted by atomic mass is 9.98. The summed E-state index contributed by atoms with van der Waals surface area (Å²) in [5, 5.41) is 0.510. The Morgan fingerprint density at radius 3 is 2.07 bits per heavy atom. The molecule has 3 aromatic carbocycles. The number of esters is 1. The molecule has 0 saturated heterocycles. The van der Waals surface area contributed by atoms with Crippen LogP contribution in [-0.4, -0.2) is 31.3 Å². The van der Waals surface area contributed by atoms with Gasteiger partial charge in [0.2, 0.25) is 0 Å². The van der Waals surface area contributed by atoms with E-state index in [4.69, 9.17) is 16.3 Å². The topological polar surface area (TPSA) is 63.7 Å². The molecule has 0 aromatic heterocycles. The first-order chi connectivity index (χ1) is 14.0. The molecule has 1 amide bonds. The van der Waals surface area contributed by atoms with E-state index in [1.165, 1.54) is 11.0 Å². The van der Waals surface area contributed by atoms with Crippen molar-refractivity contribution in [2.45, 2.75) is 0 Å². The predicted molar refractivity (Wildman–Crippen MR) is 111 cm³/mol. The van der Waals surface area contributed by atoms with Gasteiger partial charge in [-0.25, -0.2) is 4.79 Å². The van der Waals surface area contributed by atoms with Crippen molar-refractivity contribution in [1.82, 2.24) is 0 Å². The Kier molecular flexibility index (Phi) is 6.42. The molecule has 146 valence electrons. The van der Waals surface area contributed by atoms with Crippen molar-refractivity contribution in [3.05, 3.63) is 101 Å². The average Bonchev–Trinajstić information content (AvgIpc) is 2.77. The Morgan fingerprint density at radius 2 is 1.41 bits per heavy atom. The third kappa shape index (κ3) is 4.89. The number of likely N-dealkylation sites (N-methyl/N-ethyl adjacent to an activating group) is 1. The first kappa shape index (κ1) is 20.3. The summed E-state index contributed by atoms with van der Waals surface area (Å²) in [7, 11) is 1.60. The Labute approximate surface area is 173 Å². The van der Waals surface area contributed by atoms with Crippen LogP contribution in [0.15, 0.2) is 78.9 Å². The van der Waals surface area contributed by atoms with E-state index in [0.717, 1.165) is 0 Å². The fourth-order valence-electron chi connectivity index (χ4n) is 2.71. The number of ether oxygens (including phenoxy) is 1. The first-order valence-corrected chi connectivity index (χ1v) is 9.23. The number of halogens is 1. The van der Waals surface area contributed by atoms with Gasteiger partial charge in [0.25, 0.3) is 5.91 Å². The number of amides is 1. The van der Waals surface area contributed by atoms with Gasteiger partial charge in [-0.2, -0.15) is 0 Å². The summed E-state index contributed by atoms with van der Waals surface area (Å²) in [4.78, 5) is 39.1. The zero-order valence-corrected chi connectivity index (χ0v) is 16.4. The highest BCUT2D eigenvalue weighted by Gasteiger charge is 2.21. The summed E-state index contributed by atoms with van der Waals surface area (Å²) in [6.07, 6.45) is 0. The molecule has 0 aliphatic heterocycles. The molecular weight excluding hydrogens is 390 g/mol. The summed E-state index contributed by atoms with van der Waals surface area (Å²) in [6.45, 7) is -0.437. The van der Waals surface area contributed by atoms with Crippen LogP contribution in [0, 0.1) is 0 Å². The molecule has 0 spiro atoms. The Balaban J connectivity index is 1.72. The lowest BCUT2D eigenvalue weighted by Gasteiger charge is -2.17. The standard InChI is InChI=1S/C23H18ClNO4/c1-25(18-7-3-2-4-8-18)21(26)15-29-23(28)20-10-6-5-9-19(20)22(27)16-11-13-17(24)14-12-16/h2-14H,15H2,1H3. The molecule has 6 heteroatoms. The Hall–Kier alpha value is -3.44. The number of anilines is 1. The fraction of sp³-hybridized carbons (Fsp3) is 0.0870. The maximum Gasteiger partial charge on any atom is 0.339 e. The molecule has 29 heavy (non-hydrogen) atoms. The van der Waals surface area contributed by atoms with Crippen molar-refractivity contribution in [2.24, 2.45) is 0 Å². The molecule has 0 saturated carbocycles. The molecule has 0 fully saturated rings. The van der Waals surface area contributed by atoms with E-state index in [-0.39, 0.29) is 22.8 Å². The normalized spacial score (nSPS) is 10.3. The van der Waals surface area contributed by atoms with E-state index in [9.17, 15) is 14.4 Å². The molecule has 0 aliphatic carbocycles. The number of rotatable bonds is 6. The SMILES string of the molecule is CN(C(=O)COC(=O)c1ccccc1C(=O)c1ccc(Cl)cc1)c1ccccc1. The molecule has 3 aromatic rings. The van der Waals surface area contributed by atoms with Crippen LogP contribution in [0.3, 0.4) is 0 Å². The number of carbonyl (C=O) groups excluding carboxylic acids is 3. The van der Waals surface area contributed by atoms with Gasteiger partial charge in [0.1, 0.15) is 0 Å². The molecule has 0 aliphatic rings. The number of benzene rings is 3. The highest BCUT2D eigenvalue weighted by molar-refractivity contribution is 6.30.